The summed E-state index contributed by atoms with van der Waals surface area (Å²) in [6, 6.07) is 3.16. The predicted octanol–water partition coefficient (Wildman–Crippen LogP) is 2.63. The zero-order valence-corrected chi connectivity index (χ0v) is 10.3. The van der Waals surface area contributed by atoms with E-state index in [1.165, 1.54) is 6.20 Å². The van der Waals surface area contributed by atoms with E-state index in [1.54, 1.807) is 26.0 Å². The van der Waals surface area contributed by atoms with E-state index in [0.717, 1.165) is 0 Å². The third-order valence-electron chi connectivity index (χ3n) is 1.63. The van der Waals surface area contributed by atoms with E-state index < -0.39 is 7.60 Å². The lowest BCUT2D eigenvalue weighted by molar-refractivity contribution is 0.230. The van der Waals surface area contributed by atoms with Gasteiger partial charge in [0, 0.05) is 6.20 Å². The van der Waals surface area contributed by atoms with E-state index in [9.17, 15) is 4.57 Å². The Morgan fingerprint density at radius 1 is 1.33 bits per heavy atom. The van der Waals surface area contributed by atoms with E-state index in [-0.39, 0.29) is 0 Å². The van der Waals surface area contributed by atoms with Crippen LogP contribution in [0.2, 0.25) is 5.15 Å². The van der Waals surface area contributed by atoms with Gasteiger partial charge in [-0.3, -0.25) is 4.57 Å². The molecule has 0 saturated carbocycles. The van der Waals surface area contributed by atoms with Crippen LogP contribution in [0.5, 0.6) is 0 Å². The molecule has 1 rings (SSSR count). The van der Waals surface area contributed by atoms with Crippen molar-refractivity contribution in [2.45, 2.75) is 13.8 Å². The van der Waals surface area contributed by atoms with E-state index >= 15 is 0 Å². The molecule has 0 aliphatic carbocycles. The van der Waals surface area contributed by atoms with Gasteiger partial charge in [0.25, 0.3) is 0 Å². The predicted molar refractivity (Wildman–Crippen MR) is 59.7 cm³/mol. The Kier molecular flexibility index (Phi) is 4.74. The first-order valence-corrected chi connectivity index (χ1v) is 6.55. The SMILES string of the molecule is CCOP(=O)(OCC)c1ccc(Cl)nc1. The molecule has 6 heteroatoms. The molecule has 1 aromatic heterocycles. The van der Waals surface area contributed by atoms with Gasteiger partial charge < -0.3 is 9.05 Å². The largest absolute Gasteiger partial charge is 0.362 e. The number of nitrogens with zero attached hydrogens (tertiary/aromatic N) is 1. The number of hydrogen-bond acceptors (Lipinski definition) is 4. The number of hydrogen-bond donors (Lipinski definition) is 0. The topological polar surface area (TPSA) is 48.4 Å². The smallest absolute Gasteiger partial charge is 0.305 e. The molecule has 0 aliphatic rings. The summed E-state index contributed by atoms with van der Waals surface area (Å²) in [5.74, 6) is 0. The highest BCUT2D eigenvalue weighted by Crippen LogP contribution is 2.46. The second kappa shape index (κ2) is 5.61. The molecule has 1 heterocycles. The number of halogens is 1. The summed E-state index contributed by atoms with van der Waals surface area (Å²) in [6.07, 6.45) is 1.41. The van der Waals surface area contributed by atoms with Crippen molar-refractivity contribution < 1.29 is 13.6 Å². The van der Waals surface area contributed by atoms with Gasteiger partial charge in [-0.25, -0.2) is 4.98 Å². The maximum atomic E-state index is 12.2. The lowest BCUT2D eigenvalue weighted by Gasteiger charge is -2.16. The van der Waals surface area contributed by atoms with Crippen LogP contribution in [-0.4, -0.2) is 18.2 Å². The third-order valence-corrected chi connectivity index (χ3v) is 3.94. The molecule has 0 fully saturated rings. The highest BCUT2D eigenvalue weighted by molar-refractivity contribution is 7.62. The molecule has 0 aliphatic heterocycles. The van der Waals surface area contributed by atoms with Crippen LogP contribution in [0.3, 0.4) is 0 Å². The van der Waals surface area contributed by atoms with Crippen LogP contribution in [0, 0.1) is 0 Å². The van der Waals surface area contributed by atoms with Crippen LogP contribution in [0.1, 0.15) is 13.8 Å². The molecule has 0 aromatic carbocycles. The Morgan fingerprint density at radius 2 is 1.93 bits per heavy atom. The summed E-state index contributed by atoms with van der Waals surface area (Å²) in [4.78, 5) is 3.84. The summed E-state index contributed by atoms with van der Waals surface area (Å²) in [5.41, 5.74) is 0. The van der Waals surface area contributed by atoms with Gasteiger partial charge in [-0.15, -0.1) is 0 Å². The number of rotatable bonds is 5. The van der Waals surface area contributed by atoms with E-state index in [2.05, 4.69) is 4.98 Å². The Bertz CT molecular complexity index is 345. The lowest BCUT2D eigenvalue weighted by atomic mass is 10.5. The van der Waals surface area contributed by atoms with Crippen molar-refractivity contribution >= 4 is 24.5 Å². The van der Waals surface area contributed by atoms with Crippen molar-refractivity contribution in [3.63, 3.8) is 0 Å². The fraction of sp³-hybridized carbons (Fsp3) is 0.444. The molecule has 0 bridgehead atoms. The van der Waals surface area contributed by atoms with Crippen molar-refractivity contribution in [1.82, 2.24) is 4.98 Å². The molecule has 15 heavy (non-hydrogen) atoms. The summed E-state index contributed by atoms with van der Waals surface area (Å²) in [6.45, 7) is 4.16. The molecule has 0 spiro atoms. The fourth-order valence-electron chi connectivity index (χ4n) is 1.06. The first-order valence-electron chi connectivity index (χ1n) is 4.63. The Labute approximate surface area is 94.1 Å². The molecule has 0 atom stereocenters. The molecule has 0 unspecified atom stereocenters. The normalized spacial score (nSPS) is 11.7. The Balaban J connectivity index is 2.98. The van der Waals surface area contributed by atoms with Gasteiger partial charge >= 0.3 is 7.60 Å². The Morgan fingerprint density at radius 3 is 2.33 bits per heavy atom. The number of pyridine rings is 1. The minimum atomic E-state index is -3.21. The monoisotopic (exact) mass is 249 g/mol. The Hall–Kier alpha value is -0.410. The van der Waals surface area contributed by atoms with Crippen molar-refractivity contribution in [1.29, 1.82) is 0 Å². The van der Waals surface area contributed by atoms with E-state index in [1.807, 2.05) is 0 Å². The molecule has 0 N–H and O–H groups in total. The van der Waals surface area contributed by atoms with Crippen LogP contribution in [0.4, 0.5) is 0 Å². The fourth-order valence-corrected chi connectivity index (χ4v) is 2.68. The zero-order valence-electron chi connectivity index (χ0n) is 8.64. The van der Waals surface area contributed by atoms with Crippen LogP contribution in [0.25, 0.3) is 0 Å². The molecule has 0 amide bonds. The third kappa shape index (κ3) is 3.28. The zero-order chi connectivity index (χ0) is 11.3. The number of aromatic nitrogens is 1. The van der Waals surface area contributed by atoms with Gasteiger partial charge in [0.1, 0.15) is 5.15 Å². The second-order valence-corrected chi connectivity index (χ2v) is 5.09. The van der Waals surface area contributed by atoms with Crippen LogP contribution >= 0.6 is 19.2 Å². The van der Waals surface area contributed by atoms with Crippen molar-refractivity contribution in [2.24, 2.45) is 0 Å². The van der Waals surface area contributed by atoms with Gasteiger partial charge in [0.05, 0.1) is 18.5 Å². The summed E-state index contributed by atoms with van der Waals surface area (Å²) >= 11 is 5.63. The van der Waals surface area contributed by atoms with Crippen molar-refractivity contribution in [2.75, 3.05) is 13.2 Å². The molecule has 0 saturated heterocycles. The highest BCUT2D eigenvalue weighted by Gasteiger charge is 2.26. The minimum Gasteiger partial charge on any atom is -0.305 e. The van der Waals surface area contributed by atoms with E-state index in [0.29, 0.717) is 23.7 Å². The first-order chi connectivity index (χ1) is 7.12. The maximum Gasteiger partial charge on any atom is 0.362 e. The lowest BCUT2D eigenvalue weighted by Crippen LogP contribution is -2.11. The molecule has 1 aromatic rings. The van der Waals surface area contributed by atoms with Gasteiger partial charge in [-0.05, 0) is 26.0 Å². The van der Waals surface area contributed by atoms with Crippen LogP contribution in [0.15, 0.2) is 18.3 Å². The molecular formula is C9H13ClNO3P. The van der Waals surface area contributed by atoms with Crippen LogP contribution < -0.4 is 5.30 Å². The van der Waals surface area contributed by atoms with Crippen molar-refractivity contribution in [3.05, 3.63) is 23.5 Å². The molecule has 0 radical (unpaired) electrons. The summed E-state index contributed by atoms with van der Waals surface area (Å²) in [5, 5.41) is 0.772. The van der Waals surface area contributed by atoms with E-state index in [4.69, 9.17) is 20.6 Å². The standard InChI is InChI=1S/C9H13ClNO3P/c1-3-13-15(12,14-4-2)8-5-6-9(10)11-7-8/h5-7H,3-4H2,1-2H3. The maximum absolute atomic E-state index is 12.2. The summed E-state index contributed by atoms with van der Waals surface area (Å²) in [7, 11) is -3.21. The van der Waals surface area contributed by atoms with Gasteiger partial charge in [-0.2, -0.15) is 0 Å². The van der Waals surface area contributed by atoms with Gasteiger partial charge in [0.2, 0.25) is 0 Å². The molecule has 4 nitrogen and oxygen atoms in total. The highest BCUT2D eigenvalue weighted by atomic mass is 35.5. The minimum absolute atomic E-state index is 0.319. The van der Waals surface area contributed by atoms with Crippen LogP contribution in [-0.2, 0) is 13.6 Å². The molecular weight excluding hydrogens is 237 g/mol. The van der Waals surface area contributed by atoms with Gasteiger partial charge in [0.15, 0.2) is 0 Å². The van der Waals surface area contributed by atoms with Crippen molar-refractivity contribution in [3.8, 4) is 0 Å². The van der Waals surface area contributed by atoms with Gasteiger partial charge in [-0.1, -0.05) is 11.6 Å². The quantitative estimate of drug-likeness (QED) is 0.595. The molecule has 84 valence electrons. The first kappa shape index (κ1) is 12.7. The second-order valence-electron chi connectivity index (χ2n) is 2.67. The average Bonchev–Trinajstić information content (AvgIpc) is 2.19. The summed E-state index contributed by atoms with van der Waals surface area (Å²) < 4.78 is 22.5. The average molecular weight is 250 g/mol.